The van der Waals surface area contributed by atoms with E-state index < -0.39 is 0 Å². The number of aromatic nitrogens is 2. The van der Waals surface area contributed by atoms with Gasteiger partial charge in [0.2, 0.25) is 0 Å². The smallest absolute Gasteiger partial charge is 0.150 e. The van der Waals surface area contributed by atoms with Gasteiger partial charge in [-0.15, -0.1) is 0 Å². The van der Waals surface area contributed by atoms with Crippen LogP contribution in [-0.2, 0) is 7.05 Å². The van der Waals surface area contributed by atoms with Crippen molar-refractivity contribution in [2.45, 2.75) is 0 Å². The Labute approximate surface area is 87.5 Å². The molecule has 0 saturated heterocycles. The maximum absolute atomic E-state index is 10.4. The van der Waals surface area contributed by atoms with Crippen LogP contribution in [0.3, 0.4) is 0 Å². The van der Waals surface area contributed by atoms with Gasteiger partial charge in [0.15, 0.2) is 0 Å². The van der Waals surface area contributed by atoms with E-state index >= 15 is 0 Å². The fraction of sp³-hybridized carbons (Fsp3) is 0.0909. The maximum Gasteiger partial charge on any atom is 0.150 e. The first-order valence-electron chi connectivity index (χ1n) is 4.59. The molecule has 0 spiro atoms. The average molecular weight is 201 g/mol. The summed E-state index contributed by atoms with van der Waals surface area (Å²) in [6, 6.07) is 7.25. The zero-order chi connectivity index (χ0) is 10.7. The van der Waals surface area contributed by atoms with Crippen molar-refractivity contribution in [2.24, 2.45) is 7.05 Å². The van der Waals surface area contributed by atoms with Crippen LogP contribution in [0.2, 0.25) is 0 Å². The Morgan fingerprint density at radius 3 is 2.53 bits per heavy atom. The van der Waals surface area contributed by atoms with Gasteiger partial charge in [-0.2, -0.15) is 5.10 Å². The van der Waals surface area contributed by atoms with Gasteiger partial charge in [-0.1, -0.05) is 0 Å². The normalized spacial score (nSPS) is 9.93. The van der Waals surface area contributed by atoms with Crippen molar-refractivity contribution in [2.75, 3.05) is 5.32 Å². The van der Waals surface area contributed by atoms with Crippen LogP contribution in [0.4, 0.5) is 11.4 Å². The summed E-state index contributed by atoms with van der Waals surface area (Å²) in [4.78, 5) is 10.4. The first-order chi connectivity index (χ1) is 7.28. The lowest BCUT2D eigenvalue weighted by atomic mass is 10.2. The van der Waals surface area contributed by atoms with E-state index in [1.807, 2.05) is 25.4 Å². The lowest BCUT2D eigenvalue weighted by Crippen LogP contribution is -1.89. The molecule has 2 rings (SSSR count). The third-order valence-electron chi connectivity index (χ3n) is 2.04. The van der Waals surface area contributed by atoms with E-state index in [4.69, 9.17) is 0 Å². The fourth-order valence-electron chi connectivity index (χ4n) is 1.30. The molecule has 0 fully saturated rings. The van der Waals surface area contributed by atoms with Gasteiger partial charge >= 0.3 is 0 Å². The fourth-order valence-corrected chi connectivity index (χ4v) is 1.30. The van der Waals surface area contributed by atoms with E-state index in [-0.39, 0.29) is 0 Å². The van der Waals surface area contributed by atoms with Gasteiger partial charge in [-0.3, -0.25) is 9.48 Å². The molecule has 4 heteroatoms. The zero-order valence-corrected chi connectivity index (χ0v) is 8.34. The number of hydrogen-bond acceptors (Lipinski definition) is 3. The van der Waals surface area contributed by atoms with Crippen molar-refractivity contribution >= 4 is 17.7 Å². The second-order valence-corrected chi connectivity index (χ2v) is 3.27. The minimum Gasteiger partial charge on any atom is -0.353 e. The number of rotatable bonds is 3. The van der Waals surface area contributed by atoms with Crippen molar-refractivity contribution in [3.63, 3.8) is 0 Å². The number of nitrogens with zero attached hydrogens (tertiary/aromatic N) is 2. The lowest BCUT2D eigenvalue weighted by Gasteiger charge is -2.02. The largest absolute Gasteiger partial charge is 0.353 e. The molecule has 4 nitrogen and oxygen atoms in total. The van der Waals surface area contributed by atoms with Crippen LogP contribution in [0.5, 0.6) is 0 Å². The Kier molecular flexibility index (Phi) is 2.49. The highest BCUT2D eigenvalue weighted by atomic mass is 16.1. The lowest BCUT2D eigenvalue weighted by molar-refractivity contribution is 0.112. The van der Waals surface area contributed by atoms with Crippen molar-refractivity contribution < 1.29 is 4.79 Å². The van der Waals surface area contributed by atoms with Gasteiger partial charge in [-0.05, 0) is 24.3 Å². The van der Waals surface area contributed by atoms with Gasteiger partial charge in [0.05, 0.1) is 11.9 Å². The maximum atomic E-state index is 10.4. The van der Waals surface area contributed by atoms with Crippen LogP contribution in [0.1, 0.15) is 10.4 Å². The third-order valence-corrected chi connectivity index (χ3v) is 2.04. The standard InChI is InChI=1S/C11H11N3O/c1-14-7-11(6-12-14)13-10-4-2-9(8-15)3-5-10/h2-8,13H,1H3. The number of aryl methyl sites for hydroxylation is 1. The Morgan fingerprint density at radius 1 is 1.27 bits per heavy atom. The van der Waals surface area contributed by atoms with Gasteiger partial charge in [0, 0.05) is 24.5 Å². The summed E-state index contributed by atoms with van der Waals surface area (Å²) in [6.07, 6.45) is 4.45. The van der Waals surface area contributed by atoms with Crippen LogP contribution < -0.4 is 5.32 Å². The van der Waals surface area contributed by atoms with Crippen LogP contribution in [0.25, 0.3) is 0 Å². The Hall–Kier alpha value is -2.10. The van der Waals surface area contributed by atoms with Gasteiger partial charge in [-0.25, -0.2) is 0 Å². The van der Waals surface area contributed by atoms with E-state index in [1.165, 1.54) is 0 Å². The molecular formula is C11H11N3O. The zero-order valence-electron chi connectivity index (χ0n) is 8.34. The van der Waals surface area contributed by atoms with Gasteiger partial charge in [0.25, 0.3) is 0 Å². The molecule has 0 radical (unpaired) electrons. The summed E-state index contributed by atoms with van der Waals surface area (Å²) in [7, 11) is 1.86. The first-order valence-corrected chi connectivity index (χ1v) is 4.59. The van der Waals surface area contributed by atoms with Crippen molar-refractivity contribution in [3.8, 4) is 0 Å². The predicted molar refractivity (Wildman–Crippen MR) is 58.3 cm³/mol. The molecule has 0 saturated carbocycles. The highest BCUT2D eigenvalue weighted by Gasteiger charge is 1.96. The molecule has 0 bridgehead atoms. The van der Waals surface area contributed by atoms with Gasteiger partial charge in [0.1, 0.15) is 6.29 Å². The molecule has 76 valence electrons. The summed E-state index contributed by atoms with van der Waals surface area (Å²) in [5.74, 6) is 0. The second-order valence-electron chi connectivity index (χ2n) is 3.27. The molecule has 0 aliphatic carbocycles. The molecule has 1 aromatic carbocycles. The van der Waals surface area contributed by atoms with E-state index in [0.717, 1.165) is 17.7 Å². The van der Waals surface area contributed by atoms with Crippen molar-refractivity contribution in [3.05, 3.63) is 42.2 Å². The SMILES string of the molecule is Cn1cc(Nc2ccc(C=O)cc2)cn1. The molecule has 1 heterocycles. The number of anilines is 2. The topological polar surface area (TPSA) is 46.9 Å². The molecule has 0 aliphatic heterocycles. The molecular weight excluding hydrogens is 190 g/mol. The number of nitrogens with one attached hydrogen (secondary N) is 1. The monoisotopic (exact) mass is 201 g/mol. The van der Waals surface area contributed by atoms with E-state index in [2.05, 4.69) is 10.4 Å². The minimum absolute atomic E-state index is 0.673. The molecule has 0 aliphatic rings. The van der Waals surface area contributed by atoms with Crippen LogP contribution in [0.15, 0.2) is 36.7 Å². The molecule has 1 aromatic heterocycles. The quantitative estimate of drug-likeness (QED) is 0.772. The molecule has 15 heavy (non-hydrogen) atoms. The van der Waals surface area contributed by atoms with Gasteiger partial charge < -0.3 is 5.32 Å². The first kappa shape index (κ1) is 9.45. The number of carbonyl (C=O) groups is 1. The molecule has 0 amide bonds. The summed E-state index contributed by atoms with van der Waals surface area (Å²) in [6.45, 7) is 0. The molecule has 1 N–H and O–H groups in total. The Morgan fingerprint density at radius 2 is 2.00 bits per heavy atom. The summed E-state index contributed by atoms with van der Waals surface area (Å²) in [5, 5.41) is 7.22. The van der Waals surface area contributed by atoms with Crippen molar-refractivity contribution in [1.29, 1.82) is 0 Å². The summed E-state index contributed by atoms with van der Waals surface area (Å²) < 4.78 is 1.72. The summed E-state index contributed by atoms with van der Waals surface area (Å²) >= 11 is 0. The van der Waals surface area contributed by atoms with E-state index in [9.17, 15) is 4.79 Å². The van der Waals surface area contributed by atoms with Crippen molar-refractivity contribution in [1.82, 2.24) is 9.78 Å². The number of carbonyl (C=O) groups excluding carboxylic acids is 1. The van der Waals surface area contributed by atoms with E-state index in [1.54, 1.807) is 23.0 Å². The molecule has 2 aromatic rings. The second kappa shape index (κ2) is 3.96. The van der Waals surface area contributed by atoms with Crippen LogP contribution in [-0.4, -0.2) is 16.1 Å². The van der Waals surface area contributed by atoms with Crippen LogP contribution in [0, 0.1) is 0 Å². The highest BCUT2D eigenvalue weighted by molar-refractivity contribution is 5.76. The number of hydrogen-bond donors (Lipinski definition) is 1. The predicted octanol–water partition coefficient (Wildman–Crippen LogP) is 1.98. The Bertz CT molecular complexity index is 459. The van der Waals surface area contributed by atoms with Crippen LogP contribution >= 0.6 is 0 Å². The number of aldehydes is 1. The highest BCUT2D eigenvalue weighted by Crippen LogP contribution is 2.15. The Balaban J connectivity index is 2.14. The van der Waals surface area contributed by atoms with E-state index in [0.29, 0.717) is 5.56 Å². The average Bonchev–Trinajstić information content (AvgIpc) is 2.65. The minimum atomic E-state index is 0.673. The molecule has 0 unspecified atom stereocenters. The number of benzene rings is 1. The molecule has 0 atom stereocenters. The summed E-state index contributed by atoms with van der Waals surface area (Å²) in [5.41, 5.74) is 2.54. The third kappa shape index (κ3) is 2.22.